The van der Waals surface area contributed by atoms with Crippen LogP contribution in [0.5, 0.6) is 5.75 Å². The van der Waals surface area contributed by atoms with Crippen LogP contribution in [0.3, 0.4) is 0 Å². The molecule has 0 bridgehead atoms. The van der Waals surface area contributed by atoms with E-state index in [0.717, 1.165) is 26.1 Å². The summed E-state index contributed by atoms with van der Waals surface area (Å²) in [5.41, 5.74) is 0.702. The molecule has 0 amide bonds. The van der Waals surface area contributed by atoms with Crippen molar-refractivity contribution in [1.29, 1.82) is 0 Å². The summed E-state index contributed by atoms with van der Waals surface area (Å²) in [6, 6.07) is 5.36. The predicted molar refractivity (Wildman–Crippen MR) is 82.2 cm³/mol. The third-order valence-corrected chi connectivity index (χ3v) is 4.07. The van der Waals surface area contributed by atoms with Gasteiger partial charge >= 0.3 is 0 Å². The number of hydrogen-bond acceptors (Lipinski definition) is 3. The lowest BCUT2D eigenvalue weighted by Crippen LogP contribution is -2.38. The van der Waals surface area contributed by atoms with E-state index in [9.17, 15) is 4.39 Å². The van der Waals surface area contributed by atoms with Gasteiger partial charge in [0.25, 0.3) is 0 Å². The third-order valence-electron chi connectivity index (χ3n) is 4.07. The second-order valence-corrected chi connectivity index (χ2v) is 6.44. The molecule has 0 spiro atoms. The van der Waals surface area contributed by atoms with Gasteiger partial charge in [0.1, 0.15) is 0 Å². The molecule has 1 N–H and O–H groups in total. The normalized spacial score (nSPS) is 22.0. The fourth-order valence-corrected chi connectivity index (χ4v) is 2.87. The van der Waals surface area contributed by atoms with Gasteiger partial charge in [-0.1, -0.05) is 26.0 Å². The summed E-state index contributed by atoms with van der Waals surface area (Å²) >= 11 is 0. The Hall–Kier alpha value is -1.13. The van der Waals surface area contributed by atoms with Gasteiger partial charge in [-0.3, -0.25) is 0 Å². The van der Waals surface area contributed by atoms with Crippen molar-refractivity contribution >= 4 is 0 Å². The van der Waals surface area contributed by atoms with E-state index in [2.05, 4.69) is 19.2 Å². The molecule has 1 atom stereocenters. The maximum atomic E-state index is 14.4. The summed E-state index contributed by atoms with van der Waals surface area (Å²) in [5, 5.41) is 3.50. The highest BCUT2D eigenvalue weighted by molar-refractivity contribution is 5.32. The molecule has 1 unspecified atom stereocenters. The van der Waals surface area contributed by atoms with E-state index in [-0.39, 0.29) is 11.2 Å². The van der Waals surface area contributed by atoms with Crippen molar-refractivity contribution < 1.29 is 13.9 Å². The number of rotatable bonds is 7. The zero-order valence-electron chi connectivity index (χ0n) is 13.2. The van der Waals surface area contributed by atoms with E-state index in [4.69, 9.17) is 9.47 Å². The first-order valence-electron chi connectivity index (χ1n) is 7.66. The van der Waals surface area contributed by atoms with Crippen molar-refractivity contribution in [3.63, 3.8) is 0 Å². The molecule has 0 radical (unpaired) electrons. The Balaban J connectivity index is 2.09. The molecule has 1 fully saturated rings. The smallest absolute Gasteiger partial charge is 0.168 e. The summed E-state index contributed by atoms with van der Waals surface area (Å²) in [6.07, 6.45) is 1.65. The van der Waals surface area contributed by atoms with E-state index in [1.807, 2.05) is 12.1 Å². The lowest BCUT2D eigenvalue weighted by molar-refractivity contribution is 0.148. The van der Waals surface area contributed by atoms with E-state index >= 15 is 0 Å². The topological polar surface area (TPSA) is 30.5 Å². The van der Waals surface area contributed by atoms with Crippen LogP contribution < -0.4 is 10.1 Å². The Morgan fingerprint density at radius 2 is 2.24 bits per heavy atom. The molecule has 0 aliphatic carbocycles. The molecule has 4 heteroatoms. The molecule has 118 valence electrons. The fourth-order valence-electron chi connectivity index (χ4n) is 2.87. The standard InChI is InChI=1S/C17H26FNO2/c1-13(2)10-19-11-17(7-8-21-12-17)9-14-5-4-6-15(20-3)16(14)18/h4-6,13,19H,7-12H2,1-3H3. The number of nitrogens with one attached hydrogen (secondary N) is 1. The number of ether oxygens (including phenoxy) is 2. The van der Waals surface area contributed by atoms with Gasteiger partial charge in [-0.25, -0.2) is 4.39 Å². The van der Waals surface area contributed by atoms with Gasteiger partial charge < -0.3 is 14.8 Å². The fraction of sp³-hybridized carbons (Fsp3) is 0.647. The molecule has 1 heterocycles. The summed E-state index contributed by atoms with van der Waals surface area (Å²) in [6.45, 7) is 7.66. The monoisotopic (exact) mass is 295 g/mol. The molecule has 1 aliphatic rings. The highest BCUT2D eigenvalue weighted by atomic mass is 19.1. The Labute approximate surface area is 126 Å². The van der Waals surface area contributed by atoms with Gasteiger partial charge in [-0.05, 0) is 36.9 Å². The average Bonchev–Trinajstić information content (AvgIpc) is 2.89. The van der Waals surface area contributed by atoms with Gasteiger partial charge in [0.15, 0.2) is 11.6 Å². The van der Waals surface area contributed by atoms with E-state index in [0.29, 0.717) is 30.3 Å². The second kappa shape index (κ2) is 7.23. The molecular formula is C17H26FNO2. The first-order valence-corrected chi connectivity index (χ1v) is 7.66. The molecular weight excluding hydrogens is 269 g/mol. The van der Waals surface area contributed by atoms with Crippen molar-refractivity contribution in [3.05, 3.63) is 29.6 Å². The average molecular weight is 295 g/mol. The van der Waals surface area contributed by atoms with Gasteiger partial charge in [-0.15, -0.1) is 0 Å². The van der Waals surface area contributed by atoms with Crippen LogP contribution in [-0.4, -0.2) is 33.4 Å². The largest absolute Gasteiger partial charge is 0.494 e. The van der Waals surface area contributed by atoms with Crippen molar-refractivity contribution in [2.45, 2.75) is 26.7 Å². The molecule has 1 aromatic rings. The van der Waals surface area contributed by atoms with Crippen LogP contribution in [0.25, 0.3) is 0 Å². The van der Waals surface area contributed by atoms with Crippen molar-refractivity contribution in [3.8, 4) is 5.75 Å². The molecule has 0 aromatic heterocycles. The summed E-state index contributed by atoms with van der Waals surface area (Å²) in [7, 11) is 1.50. The van der Waals surface area contributed by atoms with Gasteiger partial charge in [-0.2, -0.15) is 0 Å². The molecule has 1 aromatic carbocycles. The number of benzene rings is 1. The minimum atomic E-state index is -0.241. The van der Waals surface area contributed by atoms with Crippen molar-refractivity contribution in [2.24, 2.45) is 11.3 Å². The van der Waals surface area contributed by atoms with Crippen LogP contribution in [0, 0.1) is 17.2 Å². The van der Waals surface area contributed by atoms with Crippen LogP contribution in [0.15, 0.2) is 18.2 Å². The van der Waals surface area contributed by atoms with Crippen LogP contribution in [0.4, 0.5) is 4.39 Å². The molecule has 0 saturated carbocycles. The second-order valence-electron chi connectivity index (χ2n) is 6.44. The Morgan fingerprint density at radius 1 is 1.43 bits per heavy atom. The minimum Gasteiger partial charge on any atom is -0.494 e. The first-order chi connectivity index (χ1) is 10.1. The Kier molecular flexibility index (Phi) is 5.59. The molecule has 1 saturated heterocycles. The first kappa shape index (κ1) is 16.2. The van der Waals surface area contributed by atoms with Crippen LogP contribution in [-0.2, 0) is 11.2 Å². The van der Waals surface area contributed by atoms with E-state index in [1.54, 1.807) is 6.07 Å². The van der Waals surface area contributed by atoms with Crippen molar-refractivity contribution in [1.82, 2.24) is 5.32 Å². The summed E-state index contributed by atoms with van der Waals surface area (Å²) < 4.78 is 25.0. The predicted octanol–water partition coefficient (Wildman–Crippen LogP) is 3.03. The maximum absolute atomic E-state index is 14.4. The Morgan fingerprint density at radius 3 is 2.86 bits per heavy atom. The van der Waals surface area contributed by atoms with E-state index in [1.165, 1.54) is 7.11 Å². The molecule has 3 nitrogen and oxygen atoms in total. The highest BCUT2D eigenvalue weighted by Gasteiger charge is 2.35. The molecule has 1 aliphatic heterocycles. The van der Waals surface area contributed by atoms with Crippen LogP contribution in [0.1, 0.15) is 25.8 Å². The lowest BCUT2D eigenvalue weighted by atomic mass is 9.80. The quantitative estimate of drug-likeness (QED) is 0.839. The Bertz CT molecular complexity index is 456. The zero-order chi connectivity index (χ0) is 15.3. The van der Waals surface area contributed by atoms with Crippen LogP contribution >= 0.6 is 0 Å². The number of halogens is 1. The maximum Gasteiger partial charge on any atom is 0.168 e. The van der Waals surface area contributed by atoms with Gasteiger partial charge in [0.05, 0.1) is 13.7 Å². The molecule has 2 rings (SSSR count). The van der Waals surface area contributed by atoms with Gasteiger partial charge in [0, 0.05) is 18.6 Å². The highest BCUT2D eigenvalue weighted by Crippen LogP contribution is 2.34. The van der Waals surface area contributed by atoms with Gasteiger partial charge in [0.2, 0.25) is 0 Å². The SMILES string of the molecule is COc1cccc(CC2(CNCC(C)C)CCOC2)c1F. The third kappa shape index (κ3) is 4.17. The number of hydrogen-bond donors (Lipinski definition) is 1. The zero-order valence-corrected chi connectivity index (χ0v) is 13.2. The summed E-state index contributed by atoms with van der Waals surface area (Å²) in [5.74, 6) is 0.685. The number of methoxy groups -OCH3 is 1. The summed E-state index contributed by atoms with van der Waals surface area (Å²) in [4.78, 5) is 0. The molecule has 21 heavy (non-hydrogen) atoms. The van der Waals surface area contributed by atoms with Crippen molar-refractivity contribution in [2.75, 3.05) is 33.4 Å². The van der Waals surface area contributed by atoms with E-state index < -0.39 is 0 Å². The minimum absolute atomic E-state index is 0.0118. The van der Waals surface area contributed by atoms with Crippen LogP contribution in [0.2, 0.25) is 0 Å². The lowest BCUT2D eigenvalue weighted by Gasteiger charge is -2.28.